The van der Waals surface area contributed by atoms with Crippen LogP contribution < -0.4 is 5.56 Å². The van der Waals surface area contributed by atoms with E-state index in [1.54, 1.807) is 10.7 Å². The number of nitrogens with zero attached hydrogens (tertiary/aromatic N) is 3. The van der Waals surface area contributed by atoms with Crippen LogP contribution in [0.5, 0.6) is 0 Å². The van der Waals surface area contributed by atoms with Crippen molar-refractivity contribution in [2.24, 2.45) is 0 Å². The van der Waals surface area contributed by atoms with Crippen molar-refractivity contribution in [1.82, 2.24) is 14.7 Å². The lowest BCUT2D eigenvalue weighted by molar-refractivity contribution is 0.0688. The van der Waals surface area contributed by atoms with Crippen molar-refractivity contribution in [3.05, 3.63) is 76.2 Å². The highest BCUT2D eigenvalue weighted by Gasteiger charge is 2.29. The minimum Gasteiger partial charge on any atom is -0.338 e. The number of likely N-dealkylation sites (tertiary alicyclic amines) is 1. The predicted molar refractivity (Wildman–Crippen MR) is 109 cm³/mol. The standard InChI is InChI=1S/C23H23N3O2/c27-22-10-9-21(17-6-7-17)24-26(22)20-11-13-25(14-12-20)23(28)19-8-5-16-3-1-2-4-18(16)15-19/h1-5,8-10,15,17,20H,6-7,11-14H2. The van der Waals surface area contributed by atoms with Gasteiger partial charge in [-0.15, -0.1) is 0 Å². The fourth-order valence-electron chi connectivity index (χ4n) is 4.12. The summed E-state index contributed by atoms with van der Waals surface area (Å²) in [5, 5.41) is 6.84. The molecule has 1 aliphatic heterocycles. The van der Waals surface area contributed by atoms with Gasteiger partial charge in [0.2, 0.25) is 0 Å². The molecule has 1 saturated carbocycles. The van der Waals surface area contributed by atoms with Gasteiger partial charge in [0, 0.05) is 30.6 Å². The molecule has 2 aromatic carbocycles. The van der Waals surface area contributed by atoms with E-state index in [4.69, 9.17) is 0 Å². The fourth-order valence-corrected chi connectivity index (χ4v) is 4.12. The maximum Gasteiger partial charge on any atom is 0.267 e. The monoisotopic (exact) mass is 373 g/mol. The van der Waals surface area contributed by atoms with Crippen molar-refractivity contribution in [3.8, 4) is 0 Å². The van der Waals surface area contributed by atoms with Gasteiger partial charge in [-0.05, 0) is 54.7 Å². The molecule has 28 heavy (non-hydrogen) atoms. The van der Waals surface area contributed by atoms with E-state index < -0.39 is 0 Å². The molecule has 1 amide bonds. The smallest absolute Gasteiger partial charge is 0.267 e. The van der Waals surface area contributed by atoms with Gasteiger partial charge < -0.3 is 4.90 Å². The number of carbonyl (C=O) groups is 1. The van der Waals surface area contributed by atoms with Crippen LogP contribution in [0.1, 0.15) is 53.7 Å². The van der Waals surface area contributed by atoms with E-state index in [0.29, 0.717) is 19.0 Å². The molecule has 5 nitrogen and oxygen atoms in total. The van der Waals surface area contributed by atoms with Crippen LogP contribution in [0.15, 0.2) is 59.4 Å². The molecule has 5 heteroatoms. The number of rotatable bonds is 3. The molecule has 142 valence electrons. The normalized spacial score (nSPS) is 17.8. The fraction of sp³-hybridized carbons (Fsp3) is 0.348. The van der Waals surface area contributed by atoms with Gasteiger partial charge in [0.25, 0.3) is 11.5 Å². The van der Waals surface area contributed by atoms with Crippen LogP contribution in [0.3, 0.4) is 0 Å². The quantitative estimate of drug-likeness (QED) is 0.703. The molecule has 3 aromatic rings. The Morgan fingerprint density at radius 3 is 2.39 bits per heavy atom. The van der Waals surface area contributed by atoms with Crippen molar-refractivity contribution in [3.63, 3.8) is 0 Å². The lowest BCUT2D eigenvalue weighted by Gasteiger charge is -2.32. The number of hydrogen-bond donors (Lipinski definition) is 0. The summed E-state index contributed by atoms with van der Waals surface area (Å²) in [6.45, 7) is 1.30. The van der Waals surface area contributed by atoms with E-state index in [0.717, 1.165) is 34.9 Å². The number of fused-ring (bicyclic) bond motifs is 1. The van der Waals surface area contributed by atoms with Gasteiger partial charge >= 0.3 is 0 Å². The third kappa shape index (κ3) is 3.21. The molecule has 1 saturated heterocycles. The number of amides is 1. The molecule has 2 heterocycles. The van der Waals surface area contributed by atoms with Crippen molar-refractivity contribution in [2.45, 2.75) is 37.6 Å². The maximum absolute atomic E-state index is 12.9. The van der Waals surface area contributed by atoms with Gasteiger partial charge in [-0.2, -0.15) is 5.10 Å². The van der Waals surface area contributed by atoms with Gasteiger partial charge in [0.1, 0.15) is 0 Å². The molecular formula is C23H23N3O2. The van der Waals surface area contributed by atoms with Crippen LogP contribution in [-0.4, -0.2) is 33.7 Å². The van der Waals surface area contributed by atoms with Gasteiger partial charge in [0.05, 0.1) is 11.7 Å². The molecule has 0 atom stereocenters. The van der Waals surface area contributed by atoms with Gasteiger partial charge in [-0.3, -0.25) is 9.59 Å². The second-order valence-corrected chi connectivity index (χ2v) is 7.90. The molecule has 0 bridgehead atoms. The second kappa shape index (κ2) is 6.89. The third-order valence-corrected chi connectivity index (χ3v) is 5.94. The number of hydrogen-bond acceptors (Lipinski definition) is 3. The van der Waals surface area contributed by atoms with Gasteiger partial charge in [-0.1, -0.05) is 30.3 Å². The zero-order valence-electron chi connectivity index (χ0n) is 15.8. The Labute approximate surface area is 163 Å². The predicted octanol–water partition coefficient (Wildman–Crippen LogP) is 3.75. The Hall–Kier alpha value is -2.95. The Balaban J connectivity index is 1.30. The van der Waals surface area contributed by atoms with E-state index in [1.165, 1.54) is 12.8 Å². The zero-order chi connectivity index (χ0) is 19.1. The van der Waals surface area contributed by atoms with Crippen LogP contribution in [0.2, 0.25) is 0 Å². The first kappa shape index (κ1) is 17.2. The van der Waals surface area contributed by atoms with Crippen LogP contribution in [-0.2, 0) is 0 Å². The highest BCUT2D eigenvalue weighted by Crippen LogP contribution is 2.38. The highest BCUT2D eigenvalue weighted by atomic mass is 16.2. The average Bonchev–Trinajstić information content (AvgIpc) is 3.59. The molecule has 0 unspecified atom stereocenters. The second-order valence-electron chi connectivity index (χ2n) is 7.90. The van der Waals surface area contributed by atoms with Crippen LogP contribution in [0.25, 0.3) is 10.8 Å². The molecule has 2 fully saturated rings. The SMILES string of the molecule is O=C(c1ccc2ccccc2c1)N1CCC(n2nc(C3CC3)ccc2=O)CC1. The highest BCUT2D eigenvalue weighted by molar-refractivity contribution is 5.98. The van der Waals surface area contributed by atoms with Crippen LogP contribution in [0.4, 0.5) is 0 Å². The summed E-state index contributed by atoms with van der Waals surface area (Å²) in [4.78, 5) is 27.1. The third-order valence-electron chi connectivity index (χ3n) is 5.94. The molecule has 0 N–H and O–H groups in total. The van der Waals surface area contributed by atoms with Gasteiger partial charge in [-0.25, -0.2) is 4.68 Å². The summed E-state index contributed by atoms with van der Waals surface area (Å²) >= 11 is 0. The number of carbonyl (C=O) groups excluding carboxylic acids is 1. The van der Waals surface area contributed by atoms with Crippen molar-refractivity contribution in [2.75, 3.05) is 13.1 Å². The Kier molecular flexibility index (Phi) is 4.23. The van der Waals surface area contributed by atoms with E-state index in [2.05, 4.69) is 11.2 Å². The topological polar surface area (TPSA) is 55.2 Å². The van der Waals surface area contributed by atoms with E-state index in [-0.39, 0.29) is 17.5 Å². The van der Waals surface area contributed by atoms with Crippen molar-refractivity contribution in [1.29, 1.82) is 0 Å². The minimum atomic E-state index is -0.0382. The zero-order valence-corrected chi connectivity index (χ0v) is 15.8. The Bertz CT molecular complexity index is 1090. The Morgan fingerprint density at radius 2 is 1.64 bits per heavy atom. The van der Waals surface area contributed by atoms with E-state index in [9.17, 15) is 9.59 Å². The summed E-state index contributed by atoms with van der Waals surface area (Å²) in [5.41, 5.74) is 1.72. The summed E-state index contributed by atoms with van der Waals surface area (Å²) in [6.07, 6.45) is 3.87. The summed E-state index contributed by atoms with van der Waals surface area (Å²) < 4.78 is 1.66. The molecule has 1 aromatic heterocycles. The maximum atomic E-state index is 12.9. The first-order valence-corrected chi connectivity index (χ1v) is 10.1. The van der Waals surface area contributed by atoms with Crippen LogP contribution in [0, 0.1) is 0 Å². The lowest BCUT2D eigenvalue weighted by Crippen LogP contribution is -2.41. The molecular weight excluding hydrogens is 350 g/mol. The van der Waals surface area contributed by atoms with E-state index >= 15 is 0 Å². The van der Waals surface area contributed by atoms with Crippen LogP contribution >= 0.6 is 0 Å². The summed E-state index contributed by atoms with van der Waals surface area (Å²) in [5.74, 6) is 0.595. The molecule has 5 rings (SSSR count). The molecule has 2 aliphatic rings. The first-order valence-electron chi connectivity index (χ1n) is 10.1. The lowest BCUT2D eigenvalue weighted by atomic mass is 10.0. The van der Waals surface area contributed by atoms with Crippen molar-refractivity contribution >= 4 is 16.7 Å². The molecule has 0 radical (unpaired) electrons. The van der Waals surface area contributed by atoms with E-state index in [1.807, 2.05) is 47.4 Å². The molecule has 1 aliphatic carbocycles. The molecule has 0 spiro atoms. The number of piperidine rings is 1. The first-order chi connectivity index (χ1) is 13.7. The Morgan fingerprint density at radius 1 is 0.893 bits per heavy atom. The van der Waals surface area contributed by atoms with Gasteiger partial charge in [0.15, 0.2) is 0 Å². The number of aromatic nitrogens is 2. The van der Waals surface area contributed by atoms with Crippen molar-refractivity contribution < 1.29 is 4.79 Å². The number of benzene rings is 2. The minimum absolute atomic E-state index is 0.0382. The summed E-state index contributed by atoms with van der Waals surface area (Å²) in [6, 6.07) is 17.5. The largest absolute Gasteiger partial charge is 0.338 e. The average molecular weight is 373 g/mol. The summed E-state index contributed by atoms with van der Waals surface area (Å²) in [7, 11) is 0.